The summed E-state index contributed by atoms with van der Waals surface area (Å²) in [6, 6.07) is 7.81. The van der Waals surface area contributed by atoms with Gasteiger partial charge in [0.2, 0.25) is 0 Å². The molecular weight excluding hydrogens is 160 g/mol. The monoisotopic (exact) mass is 168 g/mol. The van der Waals surface area contributed by atoms with Crippen molar-refractivity contribution in [3.8, 4) is 0 Å². The quantitative estimate of drug-likeness (QED) is 0.588. The van der Waals surface area contributed by atoms with E-state index in [1.807, 2.05) is 24.3 Å². The molecule has 2 rings (SSSR count). The minimum atomic E-state index is 0.312. The third-order valence-electron chi connectivity index (χ3n) is 1.91. The molecule has 58 valence electrons. The van der Waals surface area contributed by atoms with Crippen molar-refractivity contribution in [1.82, 2.24) is 0 Å². The molecule has 0 radical (unpaired) electrons. The fourth-order valence-electron chi connectivity index (χ4n) is 1.19. The van der Waals surface area contributed by atoms with Crippen molar-refractivity contribution >= 4 is 11.6 Å². The minimum Gasteiger partial charge on any atom is -0.365 e. The van der Waals surface area contributed by atoms with E-state index >= 15 is 0 Å². The van der Waals surface area contributed by atoms with Crippen LogP contribution in [0.3, 0.4) is 0 Å². The van der Waals surface area contributed by atoms with Gasteiger partial charge in [-0.05, 0) is 24.6 Å². The predicted octanol–water partition coefficient (Wildman–Crippen LogP) is 2.80. The first kappa shape index (κ1) is 7.14. The summed E-state index contributed by atoms with van der Waals surface area (Å²) >= 11 is 5.73. The van der Waals surface area contributed by atoms with E-state index in [-0.39, 0.29) is 0 Å². The molecule has 11 heavy (non-hydrogen) atoms. The lowest BCUT2D eigenvalue weighted by molar-refractivity contribution is 0.383. The van der Waals surface area contributed by atoms with Crippen LogP contribution in [0.25, 0.3) is 0 Å². The van der Waals surface area contributed by atoms with E-state index in [0.717, 1.165) is 5.02 Å². The number of hydrogen-bond donors (Lipinski definition) is 0. The summed E-state index contributed by atoms with van der Waals surface area (Å²) in [6.45, 7) is 2.07. The van der Waals surface area contributed by atoms with E-state index in [1.165, 1.54) is 5.56 Å². The first-order valence-corrected chi connectivity index (χ1v) is 4.06. The van der Waals surface area contributed by atoms with Gasteiger partial charge in [0.1, 0.15) is 6.10 Å². The Labute approximate surface area is 70.9 Å². The van der Waals surface area contributed by atoms with E-state index < -0.39 is 0 Å². The molecule has 1 heterocycles. The molecule has 0 spiro atoms. The lowest BCUT2D eigenvalue weighted by Gasteiger charge is -1.93. The van der Waals surface area contributed by atoms with Gasteiger partial charge in [-0.15, -0.1) is 0 Å². The number of hydrogen-bond acceptors (Lipinski definition) is 1. The topological polar surface area (TPSA) is 12.5 Å². The molecule has 0 aliphatic carbocycles. The second-order valence-electron chi connectivity index (χ2n) is 2.81. The van der Waals surface area contributed by atoms with Crippen LogP contribution >= 0.6 is 11.6 Å². The Morgan fingerprint density at radius 2 is 1.82 bits per heavy atom. The van der Waals surface area contributed by atoms with Gasteiger partial charge in [-0.3, -0.25) is 0 Å². The fraction of sp³-hybridized carbons (Fsp3) is 0.333. The first-order valence-electron chi connectivity index (χ1n) is 3.68. The Morgan fingerprint density at radius 3 is 2.27 bits per heavy atom. The Morgan fingerprint density at radius 1 is 1.27 bits per heavy atom. The van der Waals surface area contributed by atoms with Crippen LogP contribution in [0, 0.1) is 0 Å². The third-order valence-corrected chi connectivity index (χ3v) is 2.16. The highest BCUT2D eigenvalue weighted by Crippen LogP contribution is 2.38. The lowest BCUT2D eigenvalue weighted by atomic mass is 10.1. The molecule has 0 amide bonds. The zero-order chi connectivity index (χ0) is 7.84. The maximum absolute atomic E-state index is 5.73. The summed E-state index contributed by atoms with van der Waals surface area (Å²) in [5.74, 6) is 0. The van der Waals surface area contributed by atoms with Gasteiger partial charge in [-0.2, -0.15) is 0 Å². The van der Waals surface area contributed by atoms with Crippen molar-refractivity contribution in [1.29, 1.82) is 0 Å². The normalized spacial score (nSPS) is 28.5. The summed E-state index contributed by atoms with van der Waals surface area (Å²) in [6.07, 6.45) is 0.698. The predicted molar refractivity (Wildman–Crippen MR) is 44.7 cm³/mol. The van der Waals surface area contributed by atoms with Crippen molar-refractivity contribution < 1.29 is 4.74 Å². The Bertz CT molecular complexity index is 255. The van der Waals surface area contributed by atoms with Crippen LogP contribution in [0.15, 0.2) is 24.3 Å². The van der Waals surface area contributed by atoms with E-state index in [0.29, 0.717) is 12.2 Å². The molecule has 0 bridgehead atoms. The third kappa shape index (κ3) is 1.39. The zero-order valence-corrected chi connectivity index (χ0v) is 7.01. The molecule has 2 heteroatoms. The minimum absolute atomic E-state index is 0.312. The average Bonchev–Trinajstić information content (AvgIpc) is 2.69. The van der Waals surface area contributed by atoms with Crippen molar-refractivity contribution in [3.63, 3.8) is 0 Å². The highest BCUT2D eigenvalue weighted by atomic mass is 35.5. The number of rotatable bonds is 1. The van der Waals surface area contributed by atoms with Crippen LogP contribution in [0.1, 0.15) is 18.6 Å². The molecule has 1 saturated heterocycles. The highest BCUT2D eigenvalue weighted by Gasteiger charge is 2.35. The smallest absolute Gasteiger partial charge is 0.109 e. The SMILES string of the molecule is CC1OC1c1ccc(Cl)cc1. The fourth-order valence-corrected chi connectivity index (χ4v) is 1.31. The average molecular weight is 169 g/mol. The zero-order valence-electron chi connectivity index (χ0n) is 6.25. The second kappa shape index (κ2) is 2.50. The summed E-state index contributed by atoms with van der Waals surface area (Å²) in [7, 11) is 0. The van der Waals surface area contributed by atoms with Crippen molar-refractivity contribution in [2.75, 3.05) is 0 Å². The summed E-state index contributed by atoms with van der Waals surface area (Å²) in [4.78, 5) is 0. The molecule has 2 atom stereocenters. The van der Waals surface area contributed by atoms with Gasteiger partial charge in [0.05, 0.1) is 6.10 Å². The van der Waals surface area contributed by atoms with Gasteiger partial charge in [0, 0.05) is 5.02 Å². The molecule has 0 aromatic heterocycles. The molecule has 1 aromatic carbocycles. The molecule has 0 N–H and O–H groups in total. The molecular formula is C9H9ClO. The largest absolute Gasteiger partial charge is 0.365 e. The molecule has 1 fully saturated rings. The first-order chi connectivity index (χ1) is 5.27. The summed E-state index contributed by atoms with van der Waals surface area (Å²) in [5.41, 5.74) is 1.22. The van der Waals surface area contributed by atoms with Crippen LogP contribution < -0.4 is 0 Å². The van der Waals surface area contributed by atoms with E-state index in [1.54, 1.807) is 0 Å². The standard InChI is InChI=1S/C9H9ClO/c1-6-9(11-6)7-2-4-8(10)5-3-7/h2-6,9H,1H3. The van der Waals surface area contributed by atoms with Gasteiger partial charge in [-0.25, -0.2) is 0 Å². The van der Waals surface area contributed by atoms with Crippen molar-refractivity contribution in [2.24, 2.45) is 0 Å². The maximum Gasteiger partial charge on any atom is 0.109 e. The number of ether oxygens (including phenoxy) is 1. The van der Waals surface area contributed by atoms with Gasteiger partial charge in [0.15, 0.2) is 0 Å². The van der Waals surface area contributed by atoms with Gasteiger partial charge in [0.25, 0.3) is 0 Å². The summed E-state index contributed by atoms with van der Waals surface area (Å²) < 4.78 is 5.30. The molecule has 1 aliphatic heterocycles. The van der Waals surface area contributed by atoms with Crippen molar-refractivity contribution in [3.05, 3.63) is 34.9 Å². The van der Waals surface area contributed by atoms with Gasteiger partial charge < -0.3 is 4.74 Å². The molecule has 1 aliphatic rings. The molecule has 0 saturated carbocycles. The number of epoxide rings is 1. The highest BCUT2D eigenvalue weighted by molar-refractivity contribution is 6.30. The van der Waals surface area contributed by atoms with Crippen LogP contribution in [0.5, 0.6) is 0 Å². The second-order valence-corrected chi connectivity index (χ2v) is 3.25. The van der Waals surface area contributed by atoms with Crippen LogP contribution in [0.2, 0.25) is 5.02 Å². The Hall–Kier alpha value is -0.530. The summed E-state index contributed by atoms with van der Waals surface area (Å²) in [5, 5.41) is 0.780. The Kier molecular flexibility index (Phi) is 1.63. The van der Waals surface area contributed by atoms with Crippen LogP contribution in [-0.4, -0.2) is 6.10 Å². The van der Waals surface area contributed by atoms with E-state index in [2.05, 4.69) is 6.92 Å². The van der Waals surface area contributed by atoms with E-state index in [4.69, 9.17) is 16.3 Å². The Balaban J connectivity index is 2.21. The number of halogens is 1. The van der Waals surface area contributed by atoms with Gasteiger partial charge >= 0.3 is 0 Å². The molecule has 1 nitrogen and oxygen atoms in total. The lowest BCUT2D eigenvalue weighted by Crippen LogP contribution is -1.81. The molecule has 1 aromatic rings. The van der Waals surface area contributed by atoms with E-state index in [9.17, 15) is 0 Å². The number of benzene rings is 1. The van der Waals surface area contributed by atoms with Crippen molar-refractivity contribution in [2.45, 2.75) is 19.1 Å². The molecule has 2 unspecified atom stereocenters. The van der Waals surface area contributed by atoms with Gasteiger partial charge in [-0.1, -0.05) is 23.7 Å². The van der Waals surface area contributed by atoms with Crippen LogP contribution in [0.4, 0.5) is 0 Å². The van der Waals surface area contributed by atoms with Crippen LogP contribution in [-0.2, 0) is 4.74 Å². The maximum atomic E-state index is 5.73.